The average Bonchev–Trinajstić information content (AvgIpc) is 2.83. The first-order chi connectivity index (χ1) is 16.0. The maximum atomic E-state index is 12.2. The van der Waals surface area contributed by atoms with Gasteiger partial charge in [-0.25, -0.2) is 0 Å². The van der Waals surface area contributed by atoms with Gasteiger partial charge in [0.1, 0.15) is 11.7 Å². The van der Waals surface area contributed by atoms with Gasteiger partial charge in [-0.05, 0) is 41.0 Å². The van der Waals surface area contributed by atoms with E-state index in [0.29, 0.717) is 37.7 Å². The van der Waals surface area contributed by atoms with Crippen molar-refractivity contribution in [1.29, 1.82) is 0 Å². The van der Waals surface area contributed by atoms with Crippen molar-refractivity contribution in [2.24, 2.45) is 0 Å². The lowest BCUT2D eigenvalue weighted by Crippen LogP contribution is -2.56. The van der Waals surface area contributed by atoms with Crippen molar-refractivity contribution in [2.75, 3.05) is 13.1 Å². The van der Waals surface area contributed by atoms with E-state index in [-0.39, 0.29) is 12.0 Å². The molecule has 1 heterocycles. The molecular weight excluding hydrogens is 502 g/mol. The topological polar surface area (TPSA) is 38.8 Å². The molecule has 6 heteroatoms. The zero-order valence-corrected chi connectivity index (χ0v) is 20.9. The molecule has 3 aromatic rings. The van der Waals surface area contributed by atoms with Gasteiger partial charge < -0.3 is 14.4 Å². The SMILES string of the molecule is CC(=O)N1CCC(OCc2ccccc2)(c2ccc(Cl)cc2)C(OCc2cccc(Br)c2)C1. The summed E-state index contributed by atoms with van der Waals surface area (Å²) in [5.74, 6) is 0.0406. The summed E-state index contributed by atoms with van der Waals surface area (Å²) in [7, 11) is 0. The van der Waals surface area contributed by atoms with E-state index < -0.39 is 5.60 Å². The largest absolute Gasteiger partial charge is 0.368 e. The summed E-state index contributed by atoms with van der Waals surface area (Å²) in [6, 6.07) is 25.9. The Bertz CT molecular complexity index is 1080. The monoisotopic (exact) mass is 527 g/mol. The number of likely N-dealkylation sites (tertiary alicyclic amines) is 1. The molecule has 2 unspecified atom stereocenters. The first-order valence-electron chi connectivity index (χ1n) is 11.0. The highest BCUT2D eigenvalue weighted by molar-refractivity contribution is 9.10. The van der Waals surface area contributed by atoms with Gasteiger partial charge in [0.15, 0.2) is 0 Å². The molecule has 2 atom stereocenters. The number of halogens is 2. The Labute approximate surface area is 208 Å². The van der Waals surface area contributed by atoms with Gasteiger partial charge in [-0.1, -0.05) is 82.1 Å². The summed E-state index contributed by atoms with van der Waals surface area (Å²) in [5, 5.41) is 0.671. The van der Waals surface area contributed by atoms with E-state index in [1.54, 1.807) is 6.92 Å². The third-order valence-electron chi connectivity index (χ3n) is 6.12. The molecule has 1 aliphatic rings. The molecule has 0 aromatic heterocycles. The van der Waals surface area contributed by atoms with Crippen LogP contribution in [-0.4, -0.2) is 30.0 Å². The second-order valence-corrected chi connectivity index (χ2v) is 9.67. The lowest BCUT2D eigenvalue weighted by atomic mass is 9.81. The molecule has 3 aromatic carbocycles. The standard InChI is InChI=1S/C27H27BrClNO3/c1-20(31)30-15-14-27(23-10-12-25(29)13-11-23,33-19-21-6-3-2-4-7-21)26(17-30)32-18-22-8-5-9-24(28)16-22/h2-13,16,26H,14-15,17-19H2,1H3. The molecule has 1 saturated heterocycles. The normalized spacial score (nSPS) is 20.6. The number of ether oxygens (including phenoxy) is 2. The van der Waals surface area contributed by atoms with Crippen molar-refractivity contribution in [3.8, 4) is 0 Å². The van der Waals surface area contributed by atoms with Gasteiger partial charge in [0, 0.05) is 29.4 Å². The minimum absolute atomic E-state index is 0.0406. The Kier molecular flexibility index (Phi) is 7.86. The maximum Gasteiger partial charge on any atom is 0.219 e. The number of hydrogen-bond donors (Lipinski definition) is 0. The van der Waals surface area contributed by atoms with Gasteiger partial charge in [0.05, 0.1) is 19.8 Å². The van der Waals surface area contributed by atoms with Crippen LogP contribution in [0.1, 0.15) is 30.0 Å². The number of benzene rings is 3. The fourth-order valence-electron chi connectivity index (χ4n) is 4.29. The Hall–Kier alpha value is -2.18. The highest BCUT2D eigenvalue weighted by Gasteiger charge is 2.47. The van der Waals surface area contributed by atoms with Gasteiger partial charge in [-0.3, -0.25) is 4.79 Å². The molecule has 0 bridgehead atoms. The second kappa shape index (κ2) is 10.8. The van der Waals surface area contributed by atoms with Crippen LogP contribution in [0, 0.1) is 0 Å². The van der Waals surface area contributed by atoms with Crippen LogP contribution < -0.4 is 0 Å². The minimum atomic E-state index is -0.710. The number of hydrogen-bond acceptors (Lipinski definition) is 3. The van der Waals surface area contributed by atoms with E-state index in [1.165, 1.54) is 0 Å². The molecular formula is C27H27BrClNO3. The summed E-state index contributed by atoms with van der Waals surface area (Å²) in [6.45, 7) is 3.52. The molecule has 0 spiro atoms. The Morgan fingerprint density at radius 3 is 2.45 bits per heavy atom. The molecule has 4 nitrogen and oxygen atoms in total. The number of carbonyl (C=O) groups excluding carboxylic acids is 1. The first-order valence-corrected chi connectivity index (χ1v) is 12.2. The molecule has 33 heavy (non-hydrogen) atoms. The zero-order valence-electron chi connectivity index (χ0n) is 18.5. The summed E-state index contributed by atoms with van der Waals surface area (Å²) in [4.78, 5) is 14.1. The summed E-state index contributed by atoms with van der Waals surface area (Å²) in [5.41, 5.74) is 2.44. The number of nitrogens with zero attached hydrogens (tertiary/aromatic N) is 1. The van der Waals surface area contributed by atoms with E-state index in [0.717, 1.165) is 21.2 Å². The molecule has 0 radical (unpaired) electrons. The Balaban J connectivity index is 1.67. The number of piperidine rings is 1. The summed E-state index contributed by atoms with van der Waals surface area (Å²) >= 11 is 9.72. The number of carbonyl (C=O) groups is 1. The van der Waals surface area contributed by atoms with Crippen LogP contribution in [0.2, 0.25) is 5.02 Å². The van der Waals surface area contributed by atoms with Crippen molar-refractivity contribution < 1.29 is 14.3 Å². The maximum absolute atomic E-state index is 12.2. The van der Waals surface area contributed by atoms with Gasteiger partial charge in [-0.2, -0.15) is 0 Å². The highest BCUT2D eigenvalue weighted by atomic mass is 79.9. The molecule has 172 valence electrons. The van der Waals surface area contributed by atoms with Crippen molar-refractivity contribution in [3.05, 3.63) is 105 Å². The molecule has 1 aliphatic heterocycles. The molecule has 0 N–H and O–H groups in total. The van der Waals surface area contributed by atoms with Crippen molar-refractivity contribution in [2.45, 2.75) is 38.3 Å². The fourth-order valence-corrected chi connectivity index (χ4v) is 4.87. The van der Waals surface area contributed by atoms with E-state index in [1.807, 2.05) is 71.6 Å². The van der Waals surface area contributed by atoms with E-state index in [2.05, 4.69) is 28.1 Å². The van der Waals surface area contributed by atoms with E-state index in [4.69, 9.17) is 21.1 Å². The van der Waals surface area contributed by atoms with Crippen LogP contribution in [0.4, 0.5) is 0 Å². The van der Waals surface area contributed by atoms with Crippen LogP contribution >= 0.6 is 27.5 Å². The lowest BCUT2D eigenvalue weighted by molar-refractivity contribution is -0.195. The third kappa shape index (κ3) is 5.85. The van der Waals surface area contributed by atoms with Crippen LogP contribution in [-0.2, 0) is 33.1 Å². The molecule has 1 amide bonds. The average molecular weight is 529 g/mol. The van der Waals surface area contributed by atoms with Crippen molar-refractivity contribution >= 4 is 33.4 Å². The van der Waals surface area contributed by atoms with E-state index in [9.17, 15) is 4.79 Å². The van der Waals surface area contributed by atoms with E-state index >= 15 is 0 Å². The Morgan fingerprint density at radius 2 is 1.76 bits per heavy atom. The quantitative estimate of drug-likeness (QED) is 0.359. The second-order valence-electron chi connectivity index (χ2n) is 8.32. The summed E-state index contributed by atoms with van der Waals surface area (Å²) in [6.07, 6.45) is 0.281. The Morgan fingerprint density at radius 1 is 1.03 bits per heavy atom. The minimum Gasteiger partial charge on any atom is -0.368 e. The highest BCUT2D eigenvalue weighted by Crippen LogP contribution is 2.40. The number of rotatable bonds is 7. The first kappa shape index (κ1) is 24.0. The predicted octanol–water partition coefficient (Wildman–Crippen LogP) is 6.35. The third-order valence-corrected chi connectivity index (χ3v) is 6.86. The number of amides is 1. The molecule has 4 rings (SSSR count). The summed E-state index contributed by atoms with van der Waals surface area (Å²) < 4.78 is 14.2. The lowest BCUT2D eigenvalue weighted by Gasteiger charge is -2.47. The van der Waals surface area contributed by atoms with Crippen molar-refractivity contribution in [3.63, 3.8) is 0 Å². The van der Waals surface area contributed by atoms with Gasteiger partial charge >= 0.3 is 0 Å². The zero-order chi connectivity index (χ0) is 23.3. The van der Waals surface area contributed by atoms with Crippen LogP contribution in [0.25, 0.3) is 0 Å². The van der Waals surface area contributed by atoms with Gasteiger partial charge in [0.2, 0.25) is 5.91 Å². The van der Waals surface area contributed by atoms with Gasteiger partial charge in [0.25, 0.3) is 0 Å². The molecule has 1 fully saturated rings. The van der Waals surface area contributed by atoms with Crippen LogP contribution in [0.15, 0.2) is 83.3 Å². The van der Waals surface area contributed by atoms with Crippen molar-refractivity contribution in [1.82, 2.24) is 4.90 Å². The predicted molar refractivity (Wildman–Crippen MR) is 134 cm³/mol. The molecule has 0 saturated carbocycles. The van der Waals surface area contributed by atoms with Crippen LogP contribution in [0.3, 0.4) is 0 Å². The smallest absolute Gasteiger partial charge is 0.219 e. The fraction of sp³-hybridized carbons (Fsp3) is 0.296. The molecule has 0 aliphatic carbocycles. The van der Waals surface area contributed by atoms with Crippen LogP contribution in [0.5, 0.6) is 0 Å². The van der Waals surface area contributed by atoms with Gasteiger partial charge in [-0.15, -0.1) is 0 Å².